The standard InChI is InChI=1S/C13H15F3O2/c14-13(15,16)7-6-11(17)10-5-1-3-9-4-2-8-18-12(9)10/h1,3,5,11,17H,2,4,6-8H2. The lowest BCUT2D eigenvalue weighted by Crippen LogP contribution is -2.14. The average Bonchev–Trinajstić information content (AvgIpc) is 2.34. The van der Waals surface area contributed by atoms with Crippen LogP contribution >= 0.6 is 0 Å². The quantitative estimate of drug-likeness (QED) is 0.902. The number of hydrogen-bond donors (Lipinski definition) is 1. The van der Waals surface area contributed by atoms with Gasteiger partial charge < -0.3 is 9.84 Å². The van der Waals surface area contributed by atoms with Crippen LogP contribution in [0, 0.1) is 0 Å². The Hall–Kier alpha value is -1.23. The van der Waals surface area contributed by atoms with Crippen LogP contribution in [0.25, 0.3) is 0 Å². The summed E-state index contributed by atoms with van der Waals surface area (Å²) in [5.74, 6) is 0.568. The Kier molecular flexibility index (Phi) is 3.80. The van der Waals surface area contributed by atoms with Gasteiger partial charge in [-0.15, -0.1) is 0 Å². The van der Waals surface area contributed by atoms with Gasteiger partial charge in [0.05, 0.1) is 12.7 Å². The minimum atomic E-state index is -4.24. The minimum Gasteiger partial charge on any atom is -0.493 e. The lowest BCUT2D eigenvalue weighted by molar-refractivity contribution is -0.140. The molecule has 0 bridgehead atoms. The molecule has 1 unspecified atom stereocenters. The van der Waals surface area contributed by atoms with Gasteiger partial charge in [0.25, 0.3) is 0 Å². The maximum absolute atomic E-state index is 12.1. The van der Waals surface area contributed by atoms with Gasteiger partial charge in [-0.1, -0.05) is 18.2 Å². The van der Waals surface area contributed by atoms with Crippen molar-refractivity contribution in [2.24, 2.45) is 0 Å². The van der Waals surface area contributed by atoms with Crippen LogP contribution in [0.15, 0.2) is 18.2 Å². The number of aliphatic hydroxyl groups is 1. The Morgan fingerprint density at radius 2 is 2.11 bits per heavy atom. The molecule has 5 heteroatoms. The summed E-state index contributed by atoms with van der Waals surface area (Å²) in [6, 6.07) is 5.26. The SMILES string of the molecule is OC(CCC(F)(F)F)c1cccc2c1OCCC2. The summed E-state index contributed by atoms with van der Waals surface area (Å²) >= 11 is 0. The summed E-state index contributed by atoms with van der Waals surface area (Å²) in [5.41, 5.74) is 1.43. The highest BCUT2D eigenvalue weighted by Gasteiger charge is 2.29. The first kappa shape index (κ1) is 13.2. The predicted octanol–water partition coefficient (Wildman–Crippen LogP) is 3.39. The number of rotatable bonds is 3. The zero-order valence-electron chi connectivity index (χ0n) is 9.83. The van der Waals surface area contributed by atoms with Crippen LogP contribution in [0.3, 0.4) is 0 Å². The number of halogens is 3. The molecule has 0 aliphatic carbocycles. The average molecular weight is 260 g/mol. The van der Waals surface area contributed by atoms with Gasteiger partial charge in [-0.2, -0.15) is 13.2 Å². The van der Waals surface area contributed by atoms with Crippen molar-refractivity contribution in [3.8, 4) is 5.75 Å². The van der Waals surface area contributed by atoms with Gasteiger partial charge in [-0.3, -0.25) is 0 Å². The lowest BCUT2D eigenvalue weighted by Gasteiger charge is -2.23. The Morgan fingerprint density at radius 1 is 1.33 bits per heavy atom. The van der Waals surface area contributed by atoms with Crippen LogP contribution in [0.2, 0.25) is 0 Å². The molecule has 100 valence electrons. The molecule has 0 fully saturated rings. The number of fused-ring (bicyclic) bond motifs is 1. The monoisotopic (exact) mass is 260 g/mol. The smallest absolute Gasteiger partial charge is 0.389 e. The molecule has 0 amide bonds. The highest BCUT2D eigenvalue weighted by molar-refractivity contribution is 5.43. The van der Waals surface area contributed by atoms with E-state index in [2.05, 4.69) is 0 Å². The highest BCUT2D eigenvalue weighted by atomic mass is 19.4. The molecule has 0 saturated heterocycles. The molecule has 1 atom stereocenters. The van der Waals surface area contributed by atoms with Gasteiger partial charge in [0, 0.05) is 12.0 Å². The molecule has 0 saturated carbocycles. The molecular weight excluding hydrogens is 245 g/mol. The van der Waals surface area contributed by atoms with E-state index in [4.69, 9.17) is 4.74 Å². The summed E-state index contributed by atoms with van der Waals surface area (Å²) < 4.78 is 41.9. The second-order valence-electron chi connectivity index (χ2n) is 4.46. The number of aryl methyl sites for hydroxylation is 1. The van der Waals surface area contributed by atoms with Crippen molar-refractivity contribution in [1.29, 1.82) is 0 Å². The zero-order chi connectivity index (χ0) is 13.2. The van der Waals surface area contributed by atoms with Gasteiger partial charge in [0.2, 0.25) is 0 Å². The third-order valence-electron chi connectivity index (χ3n) is 3.02. The molecule has 1 aliphatic heterocycles. The van der Waals surface area contributed by atoms with Crippen LogP contribution in [0.1, 0.15) is 36.5 Å². The van der Waals surface area contributed by atoms with Crippen molar-refractivity contribution in [1.82, 2.24) is 0 Å². The summed E-state index contributed by atoms with van der Waals surface area (Å²) in [6.07, 6.45) is -4.94. The van der Waals surface area contributed by atoms with E-state index in [1.807, 2.05) is 6.07 Å². The van der Waals surface area contributed by atoms with E-state index in [-0.39, 0.29) is 6.42 Å². The maximum atomic E-state index is 12.1. The van der Waals surface area contributed by atoms with Gasteiger partial charge in [0.15, 0.2) is 0 Å². The molecule has 2 nitrogen and oxygen atoms in total. The number of aliphatic hydroxyl groups excluding tert-OH is 1. The third-order valence-corrected chi connectivity index (χ3v) is 3.02. The molecule has 1 N–H and O–H groups in total. The molecule has 0 radical (unpaired) electrons. The number of alkyl halides is 3. The Balaban J connectivity index is 2.12. The van der Waals surface area contributed by atoms with E-state index >= 15 is 0 Å². The topological polar surface area (TPSA) is 29.5 Å². The fraction of sp³-hybridized carbons (Fsp3) is 0.538. The first-order chi connectivity index (χ1) is 8.47. The molecule has 18 heavy (non-hydrogen) atoms. The van der Waals surface area contributed by atoms with E-state index in [0.29, 0.717) is 17.9 Å². The highest BCUT2D eigenvalue weighted by Crippen LogP contribution is 2.36. The minimum absolute atomic E-state index is 0.330. The van der Waals surface area contributed by atoms with Gasteiger partial charge in [-0.05, 0) is 24.8 Å². The molecule has 2 rings (SSSR count). The van der Waals surface area contributed by atoms with Crippen molar-refractivity contribution in [3.05, 3.63) is 29.3 Å². The van der Waals surface area contributed by atoms with E-state index in [9.17, 15) is 18.3 Å². The van der Waals surface area contributed by atoms with Gasteiger partial charge in [0.1, 0.15) is 5.75 Å². The number of ether oxygens (including phenoxy) is 1. The van der Waals surface area contributed by atoms with Crippen LogP contribution in [0.4, 0.5) is 13.2 Å². The molecule has 1 aromatic rings. The zero-order valence-corrected chi connectivity index (χ0v) is 9.83. The van der Waals surface area contributed by atoms with Gasteiger partial charge in [-0.25, -0.2) is 0 Å². The second-order valence-corrected chi connectivity index (χ2v) is 4.46. The largest absolute Gasteiger partial charge is 0.493 e. The summed E-state index contributed by atoms with van der Waals surface area (Å²) in [4.78, 5) is 0. The van der Waals surface area contributed by atoms with E-state index in [1.165, 1.54) is 0 Å². The Labute approximate surface area is 103 Å². The molecule has 1 aliphatic rings. The molecule has 0 spiro atoms. The normalized spacial score (nSPS) is 16.9. The van der Waals surface area contributed by atoms with Crippen molar-refractivity contribution < 1.29 is 23.0 Å². The Bertz CT molecular complexity index is 415. The van der Waals surface area contributed by atoms with E-state index < -0.39 is 18.7 Å². The van der Waals surface area contributed by atoms with Crippen LogP contribution in [-0.4, -0.2) is 17.9 Å². The predicted molar refractivity (Wildman–Crippen MR) is 60.5 cm³/mol. The lowest BCUT2D eigenvalue weighted by atomic mass is 9.97. The van der Waals surface area contributed by atoms with Crippen LogP contribution < -0.4 is 4.74 Å². The number of hydrogen-bond acceptors (Lipinski definition) is 2. The number of para-hydroxylation sites is 1. The molecular formula is C13H15F3O2. The second kappa shape index (κ2) is 5.18. The van der Waals surface area contributed by atoms with E-state index in [1.54, 1.807) is 12.1 Å². The van der Waals surface area contributed by atoms with Crippen molar-refractivity contribution in [2.75, 3.05) is 6.61 Å². The summed E-state index contributed by atoms with van der Waals surface area (Å²) in [7, 11) is 0. The fourth-order valence-corrected chi connectivity index (χ4v) is 2.13. The molecule has 1 heterocycles. The number of benzene rings is 1. The van der Waals surface area contributed by atoms with Crippen molar-refractivity contribution >= 4 is 0 Å². The first-order valence-electron chi connectivity index (χ1n) is 5.97. The van der Waals surface area contributed by atoms with Crippen molar-refractivity contribution in [3.63, 3.8) is 0 Å². The van der Waals surface area contributed by atoms with Gasteiger partial charge >= 0.3 is 6.18 Å². The van der Waals surface area contributed by atoms with Crippen LogP contribution in [0.5, 0.6) is 5.75 Å². The maximum Gasteiger partial charge on any atom is 0.389 e. The molecule has 0 aromatic heterocycles. The van der Waals surface area contributed by atoms with Crippen molar-refractivity contribution in [2.45, 2.75) is 38.0 Å². The third kappa shape index (κ3) is 3.16. The first-order valence-corrected chi connectivity index (χ1v) is 5.97. The fourth-order valence-electron chi connectivity index (χ4n) is 2.13. The Morgan fingerprint density at radius 3 is 2.83 bits per heavy atom. The van der Waals surface area contributed by atoms with Crippen LogP contribution in [-0.2, 0) is 6.42 Å². The molecule has 1 aromatic carbocycles. The summed E-state index contributed by atoms with van der Waals surface area (Å²) in [5, 5.41) is 9.86. The van der Waals surface area contributed by atoms with E-state index in [0.717, 1.165) is 18.4 Å². The summed E-state index contributed by atoms with van der Waals surface area (Å²) in [6.45, 7) is 0.552.